The predicted molar refractivity (Wildman–Crippen MR) is 97.5 cm³/mol. The summed E-state index contributed by atoms with van der Waals surface area (Å²) in [5.41, 5.74) is 0.978. The zero-order chi connectivity index (χ0) is 17.5. The molecule has 2 heterocycles. The predicted octanol–water partition coefficient (Wildman–Crippen LogP) is 0.0307. The highest BCUT2D eigenvalue weighted by atomic mass is 16.5. The number of hydrogen-bond acceptors (Lipinski definition) is 6. The van der Waals surface area contributed by atoms with Crippen molar-refractivity contribution < 1.29 is 14.9 Å². The molecule has 0 aromatic heterocycles. The molecule has 6 heteroatoms. The molecule has 2 aliphatic rings. The molecule has 3 rings (SSSR count). The number of nitrogens with zero attached hydrogens (tertiary/aromatic N) is 3. The van der Waals surface area contributed by atoms with E-state index in [-0.39, 0.29) is 6.10 Å². The largest absolute Gasteiger partial charge is 0.390 e. The van der Waals surface area contributed by atoms with Crippen LogP contribution in [-0.2, 0) is 4.74 Å². The molecule has 1 aromatic carbocycles. The van der Waals surface area contributed by atoms with Crippen LogP contribution in [0.4, 0.5) is 0 Å². The number of piperazine rings is 1. The Hall–Kier alpha value is -1.02. The molecule has 0 saturated carbocycles. The Bertz CT molecular complexity index is 488. The van der Waals surface area contributed by atoms with Gasteiger partial charge in [0.25, 0.3) is 0 Å². The van der Waals surface area contributed by atoms with Gasteiger partial charge in [-0.15, -0.1) is 0 Å². The molecular formula is C19H31N3O3. The van der Waals surface area contributed by atoms with E-state index in [0.717, 1.165) is 71.1 Å². The van der Waals surface area contributed by atoms with Crippen LogP contribution in [0.1, 0.15) is 11.7 Å². The molecule has 2 N–H and O–H groups in total. The molecule has 25 heavy (non-hydrogen) atoms. The number of β-amino-alcohol motifs (C(OH)–C–C–N with tert-alkyl or cyclic N) is 2. The van der Waals surface area contributed by atoms with Crippen LogP contribution >= 0.6 is 0 Å². The molecule has 1 aromatic rings. The second-order valence-electron chi connectivity index (χ2n) is 7.09. The van der Waals surface area contributed by atoms with Crippen molar-refractivity contribution in [1.82, 2.24) is 14.7 Å². The van der Waals surface area contributed by atoms with Gasteiger partial charge in [0.05, 0.1) is 25.4 Å². The molecule has 2 atom stereocenters. The molecule has 2 aliphatic heterocycles. The Kier molecular flexibility index (Phi) is 7.22. The smallest absolute Gasteiger partial charge is 0.0916 e. The standard InChI is InChI=1S/C19H31N3O3/c23-18(15-22-10-12-25-13-11-22)14-20-6-8-21(9-7-20)16-19(24)17-4-2-1-3-5-17/h1-5,18-19,23-24H,6-16H2/t18-,19+/m1/s1. The molecule has 0 radical (unpaired) electrons. The van der Waals surface area contributed by atoms with Gasteiger partial charge in [-0.3, -0.25) is 14.7 Å². The highest BCUT2D eigenvalue weighted by Crippen LogP contribution is 2.15. The first-order valence-electron chi connectivity index (χ1n) is 9.36. The molecule has 0 spiro atoms. The second kappa shape index (κ2) is 9.62. The molecule has 140 valence electrons. The second-order valence-corrected chi connectivity index (χ2v) is 7.09. The summed E-state index contributed by atoms with van der Waals surface area (Å²) in [4.78, 5) is 6.92. The van der Waals surface area contributed by atoms with Crippen molar-refractivity contribution in [3.05, 3.63) is 35.9 Å². The maximum absolute atomic E-state index is 10.4. The van der Waals surface area contributed by atoms with Gasteiger partial charge in [0.15, 0.2) is 0 Å². The molecular weight excluding hydrogens is 318 g/mol. The minimum absolute atomic E-state index is 0.306. The van der Waals surface area contributed by atoms with Gasteiger partial charge in [0.2, 0.25) is 0 Å². The van der Waals surface area contributed by atoms with Gasteiger partial charge in [-0.05, 0) is 5.56 Å². The van der Waals surface area contributed by atoms with Crippen molar-refractivity contribution in [2.75, 3.05) is 72.1 Å². The Morgan fingerprint density at radius 3 is 1.88 bits per heavy atom. The third kappa shape index (κ3) is 6.02. The summed E-state index contributed by atoms with van der Waals surface area (Å²) in [5, 5.41) is 20.7. The average molecular weight is 349 g/mol. The van der Waals surface area contributed by atoms with E-state index >= 15 is 0 Å². The molecule has 0 unspecified atom stereocenters. The summed E-state index contributed by atoms with van der Waals surface area (Å²) < 4.78 is 5.35. The van der Waals surface area contributed by atoms with Crippen LogP contribution in [0, 0.1) is 0 Å². The van der Waals surface area contributed by atoms with E-state index in [1.807, 2.05) is 30.3 Å². The Labute approximate surface area is 150 Å². The van der Waals surface area contributed by atoms with Crippen LogP contribution in [0.2, 0.25) is 0 Å². The number of aliphatic hydroxyl groups excluding tert-OH is 2. The monoisotopic (exact) mass is 349 g/mol. The number of hydrogen-bond donors (Lipinski definition) is 2. The minimum Gasteiger partial charge on any atom is -0.390 e. The van der Waals surface area contributed by atoms with Crippen LogP contribution in [-0.4, -0.2) is 103 Å². The highest BCUT2D eigenvalue weighted by molar-refractivity contribution is 5.17. The number of aliphatic hydroxyl groups is 2. The van der Waals surface area contributed by atoms with Crippen LogP contribution in [0.3, 0.4) is 0 Å². The van der Waals surface area contributed by atoms with Gasteiger partial charge in [0.1, 0.15) is 0 Å². The van der Waals surface area contributed by atoms with Crippen molar-refractivity contribution >= 4 is 0 Å². The van der Waals surface area contributed by atoms with Crippen molar-refractivity contribution in [2.24, 2.45) is 0 Å². The summed E-state index contributed by atoms with van der Waals surface area (Å²) >= 11 is 0. The van der Waals surface area contributed by atoms with E-state index in [1.54, 1.807) is 0 Å². The van der Waals surface area contributed by atoms with Crippen LogP contribution in [0.25, 0.3) is 0 Å². The minimum atomic E-state index is -0.431. The van der Waals surface area contributed by atoms with Crippen LogP contribution in [0.15, 0.2) is 30.3 Å². The van der Waals surface area contributed by atoms with Crippen molar-refractivity contribution in [2.45, 2.75) is 12.2 Å². The van der Waals surface area contributed by atoms with Gasteiger partial charge in [-0.2, -0.15) is 0 Å². The Morgan fingerprint density at radius 1 is 0.760 bits per heavy atom. The first-order valence-corrected chi connectivity index (χ1v) is 9.36. The quantitative estimate of drug-likeness (QED) is 0.724. The maximum Gasteiger partial charge on any atom is 0.0916 e. The van der Waals surface area contributed by atoms with Crippen molar-refractivity contribution in [1.29, 1.82) is 0 Å². The van der Waals surface area contributed by atoms with Crippen molar-refractivity contribution in [3.8, 4) is 0 Å². The third-order valence-electron chi connectivity index (χ3n) is 5.12. The highest BCUT2D eigenvalue weighted by Gasteiger charge is 2.22. The maximum atomic E-state index is 10.4. The number of morpholine rings is 1. The van der Waals surface area contributed by atoms with Crippen LogP contribution in [0.5, 0.6) is 0 Å². The first-order chi connectivity index (χ1) is 12.2. The zero-order valence-corrected chi connectivity index (χ0v) is 15.0. The Morgan fingerprint density at radius 2 is 1.28 bits per heavy atom. The Balaban J connectivity index is 1.35. The molecule has 0 aliphatic carbocycles. The van der Waals surface area contributed by atoms with Gasteiger partial charge in [-0.25, -0.2) is 0 Å². The normalized spacial score (nSPS) is 23.4. The van der Waals surface area contributed by atoms with E-state index in [9.17, 15) is 10.2 Å². The fourth-order valence-electron chi connectivity index (χ4n) is 3.62. The lowest BCUT2D eigenvalue weighted by Crippen LogP contribution is -2.51. The number of benzene rings is 1. The fraction of sp³-hybridized carbons (Fsp3) is 0.684. The molecule has 6 nitrogen and oxygen atoms in total. The number of ether oxygens (including phenoxy) is 1. The summed E-state index contributed by atoms with van der Waals surface area (Å²) in [6.07, 6.45) is -0.737. The van der Waals surface area contributed by atoms with E-state index in [1.165, 1.54) is 0 Å². The fourth-order valence-corrected chi connectivity index (χ4v) is 3.62. The molecule has 2 fully saturated rings. The van der Waals surface area contributed by atoms with Gasteiger partial charge >= 0.3 is 0 Å². The number of rotatable bonds is 7. The zero-order valence-electron chi connectivity index (χ0n) is 15.0. The van der Waals surface area contributed by atoms with Gasteiger partial charge in [0, 0.05) is 58.9 Å². The van der Waals surface area contributed by atoms with E-state index in [2.05, 4.69) is 14.7 Å². The van der Waals surface area contributed by atoms with E-state index < -0.39 is 6.10 Å². The summed E-state index contributed by atoms with van der Waals surface area (Å²) in [6, 6.07) is 9.85. The summed E-state index contributed by atoms with van der Waals surface area (Å²) in [5.74, 6) is 0. The lowest BCUT2D eigenvalue weighted by molar-refractivity contribution is 0.000288. The summed E-state index contributed by atoms with van der Waals surface area (Å²) in [6.45, 7) is 9.29. The average Bonchev–Trinajstić information content (AvgIpc) is 2.65. The van der Waals surface area contributed by atoms with Crippen molar-refractivity contribution in [3.63, 3.8) is 0 Å². The van der Waals surface area contributed by atoms with E-state index in [0.29, 0.717) is 6.54 Å². The summed E-state index contributed by atoms with van der Waals surface area (Å²) in [7, 11) is 0. The van der Waals surface area contributed by atoms with E-state index in [4.69, 9.17) is 4.74 Å². The van der Waals surface area contributed by atoms with Crippen LogP contribution < -0.4 is 0 Å². The third-order valence-corrected chi connectivity index (χ3v) is 5.12. The first kappa shape index (κ1) is 18.8. The lowest BCUT2D eigenvalue weighted by atomic mass is 10.1. The van der Waals surface area contributed by atoms with Gasteiger partial charge in [-0.1, -0.05) is 30.3 Å². The lowest BCUT2D eigenvalue weighted by Gasteiger charge is -2.37. The molecule has 2 saturated heterocycles. The van der Waals surface area contributed by atoms with Gasteiger partial charge < -0.3 is 14.9 Å². The molecule has 0 amide bonds. The SMILES string of the molecule is O[C@@H](CN1CCOCC1)CN1CCN(C[C@H](O)c2ccccc2)CC1. The topological polar surface area (TPSA) is 59.4 Å². The molecule has 0 bridgehead atoms.